The molecule has 0 bridgehead atoms. The lowest BCUT2D eigenvalue weighted by Crippen LogP contribution is -2.24. The third-order valence-corrected chi connectivity index (χ3v) is 3.54. The zero-order valence-electron chi connectivity index (χ0n) is 9.75. The molecule has 5 heteroatoms. The Kier molecular flexibility index (Phi) is 7.30. The summed E-state index contributed by atoms with van der Waals surface area (Å²) in [6, 6.07) is 6.41. The van der Waals surface area contributed by atoms with Crippen LogP contribution in [0.25, 0.3) is 0 Å². The Labute approximate surface area is 119 Å². The van der Waals surface area contributed by atoms with Gasteiger partial charge in [0, 0.05) is 21.5 Å². The number of aliphatic hydroxyl groups excluding tert-OH is 1. The lowest BCUT2D eigenvalue weighted by molar-refractivity contribution is 0.0928. The van der Waals surface area contributed by atoms with E-state index in [9.17, 15) is 0 Å². The fourth-order valence-corrected chi connectivity index (χ4v) is 2.87. The van der Waals surface area contributed by atoms with Gasteiger partial charge in [-0.05, 0) is 24.6 Å². The highest BCUT2D eigenvalue weighted by molar-refractivity contribution is 9.11. The van der Waals surface area contributed by atoms with Crippen LogP contribution in [0.1, 0.15) is 18.5 Å². The van der Waals surface area contributed by atoms with Crippen molar-refractivity contribution >= 4 is 31.9 Å². The van der Waals surface area contributed by atoms with Crippen molar-refractivity contribution in [2.24, 2.45) is 0 Å². The highest BCUT2D eigenvalue weighted by Gasteiger charge is 2.08. The van der Waals surface area contributed by atoms with Gasteiger partial charge in [-0.15, -0.1) is 0 Å². The van der Waals surface area contributed by atoms with Gasteiger partial charge < -0.3 is 15.2 Å². The standard InChI is InChI=1S/C12H17Br2NO2/c1-9(15-4-6-17-7-5-16)11-3-2-10(13)8-12(11)14/h2-3,8-9,15-16H,4-7H2,1H3. The van der Waals surface area contributed by atoms with Crippen LogP contribution in [0.5, 0.6) is 0 Å². The van der Waals surface area contributed by atoms with Crippen molar-refractivity contribution in [3.8, 4) is 0 Å². The predicted molar refractivity (Wildman–Crippen MR) is 76.2 cm³/mol. The van der Waals surface area contributed by atoms with Gasteiger partial charge in [0.25, 0.3) is 0 Å². The summed E-state index contributed by atoms with van der Waals surface area (Å²) >= 11 is 6.98. The van der Waals surface area contributed by atoms with Crippen LogP contribution >= 0.6 is 31.9 Å². The summed E-state index contributed by atoms with van der Waals surface area (Å²) in [4.78, 5) is 0. The molecule has 0 saturated heterocycles. The zero-order chi connectivity index (χ0) is 12.7. The summed E-state index contributed by atoms with van der Waals surface area (Å²) in [7, 11) is 0. The average molecular weight is 367 g/mol. The number of nitrogens with one attached hydrogen (secondary N) is 1. The molecule has 1 aromatic rings. The van der Waals surface area contributed by atoms with Crippen molar-refractivity contribution in [3.05, 3.63) is 32.7 Å². The quantitative estimate of drug-likeness (QED) is 0.729. The van der Waals surface area contributed by atoms with Crippen molar-refractivity contribution in [3.63, 3.8) is 0 Å². The Morgan fingerprint density at radius 2 is 2.12 bits per heavy atom. The second-order valence-corrected chi connectivity index (χ2v) is 5.45. The molecule has 96 valence electrons. The van der Waals surface area contributed by atoms with E-state index in [1.807, 2.05) is 12.1 Å². The molecule has 17 heavy (non-hydrogen) atoms. The molecule has 0 heterocycles. The van der Waals surface area contributed by atoms with Crippen LogP contribution in [-0.2, 0) is 4.74 Å². The third kappa shape index (κ3) is 5.48. The number of aliphatic hydroxyl groups is 1. The van der Waals surface area contributed by atoms with Gasteiger partial charge in [-0.25, -0.2) is 0 Å². The third-order valence-electron chi connectivity index (χ3n) is 2.36. The van der Waals surface area contributed by atoms with E-state index in [0.717, 1.165) is 15.5 Å². The lowest BCUT2D eigenvalue weighted by Gasteiger charge is -2.16. The number of rotatable bonds is 7. The number of benzene rings is 1. The Balaban J connectivity index is 2.38. The van der Waals surface area contributed by atoms with E-state index in [1.165, 1.54) is 5.56 Å². The number of halogens is 2. The molecule has 0 aliphatic carbocycles. The second kappa shape index (κ2) is 8.21. The molecule has 1 aromatic carbocycles. The minimum atomic E-state index is 0.0772. The minimum Gasteiger partial charge on any atom is -0.394 e. The Morgan fingerprint density at radius 3 is 2.76 bits per heavy atom. The fourth-order valence-electron chi connectivity index (χ4n) is 1.48. The first-order valence-corrected chi connectivity index (χ1v) is 7.10. The zero-order valence-corrected chi connectivity index (χ0v) is 12.9. The lowest BCUT2D eigenvalue weighted by atomic mass is 10.1. The second-order valence-electron chi connectivity index (χ2n) is 3.68. The van der Waals surface area contributed by atoms with Gasteiger partial charge >= 0.3 is 0 Å². The Bertz CT molecular complexity index is 347. The van der Waals surface area contributed by atoms with E-state index in [0.29, 0.717) is 13.2 Å². The molecular formula is C12H17Br2NO2. The van der Waals surface area contributed by atoms with Gasteiger partial charge in [-0.1, -0.05) is 37.9 Å². The summed E-state index contributed by atoms with van der Waals surface area (Å²) < 4.78 is 7.33. The number of hydrogen-bond acceptors (Lipinski definition) is 3. The molecule has 0 fully saturated rings. The molecule has 0 aliphatic heterocycles. The van der Waals surface area contributed by atoms with E-state index in [2.05, 4.69) is 50.2 Å². The molecule has 0 amide bonds. The molecule has 1 unspecified atom stereocenters. The van der Waals surface area contributed by atoms with Gasteiger partial charge in [0.1, 0.15) is 0 Å². The van der Waals surface area contributed by atoms with Gasteiger partial charge in [-0.2, -0.15) is 0 Å². The average Bonchev–Trinajstić information content (AvgIpc) is 2.28. The number of ether oxygens (including phenoxy) is 1. The van der Waals surface area contributed by atoms with Crippen LogP contribution in [0.15, 0.2) is 27.1 Å². The summed E-state index contributed by atoms with van der Waals surface area (Å²) in [6.45, 7) is 3.97. The van der Waals surface area contributed by atoms with Crippen LogP contribution in [0.2, 0.25) is 0 Å². The van der Waals surface area contributed by atoms with Crippen LogP contribution in [0.3, 0.4) is 0 Å². The number of hydrogen-bond donors (Lipinski definition) is 2. The monoisotopic (exact) mass is 365 g/mol. The first kappa shape index (κ1) is 15.1. The summed E-state index contributed by atoms with van der Waals surface area (Å²) in [6.07, 6.45) is 0. The van der Waals surface area contributed by atoms with Gasteiger partial charge in [-0.3, -0.25) is 0 Å². The molecule has 0 radical (unpaired) electrons. The highest BCUT2D eigenvalue weighted by Crippen LogP contribution is 2.26. The van der Waals surface area contributed by atoms with Crippen molar-refractivity contribution < 1.29 is 9.84 Å². The predicted octanol–water partition coefficient (Wildman–Crippen LogP) is 2.87. The topological polar surface area (TPSA) is 41.5 Å². The summed E-state index contributed by atoms with van der Waals surface area (Å²) in [5.41, 5.74) is 1.22. The molecule has 2 N–H and O–H groups in total. The van der Waals surface area contributed by atoms with Crippen LogP contribution in [0.4, 0.5) is 0 Å². The molecule has 0 spiro atoms. The molecule has 0 saturated carbocycles. The molecule has 3 nitrogen and oxygen atoms in total. The van der Waals surface area contributed by atoms with Crippen LogP contribution in [-0.4, -0.2) is 31.5 Å². The molecule has 1 atom stereocenters. The van der Waals surface area contributed by atoms with E-state index >= 15 is 0 Å². The Hall–Kier alpha value is 0.0600. The maximum Gasteiger partial charge on any atom is 0.0698 e. The minimum absolute atomic E-state index is 0.0772. The maximum atomic E-state index is 8.56. The molecular weight excluding hydrogens is 350 g/mol. The maximum absolute atomic E-state index is 8.56. The molecule has 1 rings (SSSR count). The van der Waals surface area contributed by atoms with Crippen molar-refractivity contribution in [2.45, 2.75) is 13.0 Å². The first-order valence-electron chi connectivity index (χ1n) is 5.52. The van der Waals surface area contributed by atoms with Gasteiger partial charge in [0.05, 0.1) is 19.8 Å². The first-order chi connectivity index (χ1) is 8.15. The van der Waals surface area contributed by atoms with E-state index in [-0.39, 0.29) is 12.6 Å². The SMILES string of the molecule is CC(NCCOCCO)c1ccc(Br)cc1Br. The van der Waals surface area contributed by atoms with Crippen molar-refractivity contribution in [1.29, 1.82) is 0 Å². The summed E-state index contributed by atoms with van der Waals surface area (Å²) in [5, 5.41) is 11.9. The van der Waals surface area contributed by atoms with Gasteiger partial charge in [0.2, 0.25) is 0 Å². The van der Waals surface area contributed by atoms with Crippen molar-refractivity contribution in [1.82, 2.24) is 5.32 Å². The largest absolute Gasteiger partial charge is 0.394 e. The summed E-state index contributed by atoms with van der Waals surface area (Å²) in [5.74, 6) is 0. The van der Waals surface area contributed by atoms with E-state index < -0.39 is 0 Å². The smallest absolute Gasteiger partial charge is 0.0698 e. The Morgan fingerprint density at radius 1 is 1.35 bits per heavy atom. The highest BCUT2D eigenvalue weighted by atomic mass is 79.9. The van der Waals surface area contributed by atoms with Crippen LogP contribution < -0.4 is 5.32 Å². The van der Waals surface area contributed by atoms with E-state index in [1.54, 1.807) is 0 Å². The normalized spacial score (nSPS) is 12.7. The van der Waals surface area contributed by atoms with Crippen molar-refractivity contribution in [2.75, 3.05) is 26.4 Å². The van der Waals surface area contributed by atoms with Gasteiger partial charge in [0.15, 0.2) is 0 Å². The molecule has 0 aromatic heterocycles. The van der Waals surface area contributed by atoms with Crippen LogP contribution in [0, 0.1) is 0 Å². The van der Waals surface area contributed by atoms with E-state index in [4.69, 9.17) is 9.84 Å². The fraction of sp³-hybridized carbons (Fsp3) is 0.500. The molecule has 0 aliphatic rings.